The van der Waals surface area contributed by atoms with Crippen LogP contribution < -0.4 is 10.6 Å². The summed E-state index contributed by atoms with van der Waals surface area (Å²) in [7, 11) is 0.591. The molecule has 1 aliphatic heterocycles. The summed E-state index contributed by atoms with van der Waals surface area (Å²) in [6.45, 7) is 4.92. The summed E-state index contributed by atoms with van der Waals surface area (Å²) < 4.78 is 4.98. The van der Waals surface area contributed by atoms with Gasteiger partial charge in [0.1, 0.15) is 0 Å². The molecule has 1 saturated carbocycles. The maximum absolute atomic E-state index is 13.5. The molecule has 2 aromatic rings. The van der Waals surface area contributed by atoms with Crippen molar-refractivity contribution in [2.75, 3.05) is 37.8 Å². The quantitative estimate of drug-likeness (QED) is 0.496. The summed E-state index contributed by atoms with van der Waals surface area (Å²) in [6.07, 6.45) is 10.2. The topological polar surface area (TPSA) is 99.3 Å². The normalized spacial score (nSPS) is 19.4. The number of hydrogen-bond acceptors (Lipinski definition) is 4. The number of nitrogens with one attached hydrogen (secondary N) is 3. The molecule has 3 amide bonds. The molecule has 2 heterocycles. The Morgan fingerprint density at radius 2 is 1.89 bits per heavy atom. The van der Waals surface area contributed by atoms with E-state index in [1.807, 2.05) is 49.1 Å². The van der Waals surface area contributed by atoms with Gasteiger partial charge in [-0.1, -0.05) is 30.3 Å². The zero-order chi connectivity index (χ0) is 25.4. The highest BCUT2D eigenvalue weighted by molar-refractivity contribution is 8.33. The van der Waals surface area contributed by atoms with Crippen LogP contribution in [0.2, 0.25) is 0 Å². The van der Waals surface area contributed by atoms with Crippen LogP contribution in [0, 0.1) is 0 Å². The lowest BCUT2D eigenvalue weighted by Crippen LogP contribution is -2.51. The standard InChI is InChI=1S/C26H39N5O3S/c1-25(2)21-19(22(30-29-21)28-23(32)26(14-10-15-26)35(4,5)6)17-31(25)24(33)27-20(13-16-34-3)18-11-8-7-9-12-18/h7-9,11-12,20H,10,13-17H2,1-6H3,(H,27,33)(H2,28,29,30,32). The molecule has 3 N–H and O–H groups in total. The first-order valence-electron chi connectivity index (χ1n) is 12.2. The van der Waals surface area contributed by atoms with Crippen molar-refractivity contribution in [3.8, 4) is 0 Å². The number of aromatic nitrogens is 2. The van der Waals surface area contributed by atoms with Crippen LogP contribution in [0.3, 0.4) is 0 Å². The molecule has 0 saturated heterocycles. The first-order chi connectivity index (χ1) is 16.5. The molecule has 0 radical (unpaired) electrons. The minimum atomic E-state index is -1.07. The third kappa shape index (κ3) is 4.56. The van der Waals surface area contributed by atoms with E-state index in [9.17, 15) is 9.59 Å². The maximum atomic E-state index is 13.5. The van der Waals surface area contributed by atoms with Crippen molar-refractivity contribution >= 4 is 27.8 Å². The number of anilines is 1. The summed E-state index contributed by atoms with van der Waals surface area (Å²) >= 11 is 0. The van der Waals surface area contributed by atoms with Crippen LogP contribution in [0.1, 0.15) is 62.4 Å². The van der Waals surface area contributed by atoms with E-state index < -0.39 is 15.6 Å². The number of carbonyl (C=O) groups excluding carboxylic acids is 2. The van der Waals surface area contributed by atoms with E-state index in [1.54, 1.807) is 7.11 Å². The number of fused-ring (bicyclic) bond motifs is 1. The molecule has 35 heavy (non-hydrogen) atoms. The summed E-state index contributed by atoms with van der Waals surface area (Å²) in [5.74, 6) is 0.604. The van der Waals surface area contributed by atoms with Crippen molar-refractivity contribution in [2.45, 2.75) is 62.4 Å². The van der Waals surface area contributed by atoms with Crippen LogP contribution in [0.25, 0.3) is 0 Å². The highest BCUT2D eigenvalue weighted by atomic mass is 32.3. The molecule has 1 unspecified atom stereocenters. The number of nitrogens with zero attached hydrogens (tertiary/aromatic N) is 2. The molecule has 1 aromatic carbocycles. The van der Waals surface area contributed by atoms with Crippen molar-refractivity contribution in [2.24, 2.45) is 0 Å². The molecular formula is C26H39N5O3S. The summed E-state index contributed by atoms with van der Waals surface area (Å²) in [5.41, 5.74) is 2.19. The second-order valence-electron chi connectivity index (χ2n) is 10.9. The van der Waals surface area contributed by atoms with Gasteiger partial charge in [0.15, 0.2) is 5.82 Å². The van der Waals surface area contributed by atoms with Gasteiger partial charge in [0.2, 0.25) is 5.91 Å². The minimum Gasteiger partial charge on any atom is -0.385 e. The van der Waals surface area contributed by atoms with Crippen molar-refractivity contribution in [1.82, 2.24) is 20.4 Å². The Hall–Kier alpha value is -2.52. The Morgan fingerprint density at radius 1 is 1.20 bits per heavy atom. The van der Waals surface area contributed by atoms with E-state index in [0.29, 0.717) is 25.4 Å². The zero-order valence-electron chi connectivity index (χ0n) is 21.7. The Bertz CT molecular complexity index is 1070. The van der Waals surface area contributed by atoms with Crippen molar-refractivity contribution in [3.05, 3.63) is 47.2 Å². The summed E-state index contributed by atoms with van der Waals surface area (Å²) in [5, 5.41) is 13.9. The van der Waals surface area contributed by atoms with Gasteiger partial charge in [0.05, 0.1) is 28.6 Å². The van der Waals surface area contributed by atoms with Gasteiger partial charge in [-0.2, -0.15) is 5.10 Å². The van der Waals surface area contributed by atoms with Crippen LogP contribution in [-0.4, -0.2) is 64.3 Å². The van der Waals surface area contributed by atoms with Gasteiger partial charge < -0.3 is 20.3 Å². The Labute approximate surface area is 209 Å². The molecule has 1 fully saturated rings. The van der Waals surface area contributed by atoms with Crippen LogP contribution in [0.4, 0.5) is 10.6 Å². The molecule has 9 heteroatoms. The average Bonchev–Trinajstić information content (AvgIpc) is 3.27. The number of urea groups is 1. The van der Waals surface area contributed by atoms with E-state index in [2.05, 4.69) is 39.6 Å². The van der Waals surface area contributed by atoms with Crippen molar-refractivity contribution in [3.63, 3.8) is 0 Å². The number of hydrogen-bond donors (Lipinski definition) is 3. The number of amides is 3. The summed E-state index contributed by atoms with van der Waals surface area (Å²) in [6, 6.07) is 9.63. The molecule has 0 spiro atoms. The van der Waals surface area contributed by atoms with Crippen LogP contribution >= 0.6 is 10.0 Å². The lowest BCUT2D eigenvalue weighted by Gasteiger charge is -2.53. The number of aromatic amines is 1. The molecule has 1 atom stereocenters. The predicted molar refractivity (Wildman–Crippen MR) is 142 cm³/mol. The fourth-order valence-electron chi connectivity index (χ4n) is 5.25. The third-order valence-electron chi connectivity index (χ3n) is 7.80. The highest BCUT2D eigenvalue weighted by Gasteiger charge is 2.51. The molecule has 1 aliphatic carbocycles. The van der Waals surface area contributed by atoms with Crippen LogP contribution in [0.15, 0.2) is 30.3 Å². The highest BCUT2D eigenvalue weighted by Crippen LogP contribution is 2.60. The Balaban J connectivity index is 1.52. The Morgan fingerprint density at radius 3 is 2.46 bits per heavy atom. The molecule has 2 aliphatic rings. The Kier molecular flexibility index (Phi) is 6.94. The average molecular weight is 502 g/mol. The van der Waals surface area contributed by atoms with E-state index in [-0.39, 0.29) is 22.7 Å². The van der Waals surface area contributed by atoms with Gasteiger partial charge in [-0.15, -0.1) is 0 Å². The number of rotatable bonds is 8. The first-order valence-corrected chi connectivity index (χ1v) is 15.1. The second kappa shape index (κ2) is 9.50. The fourth-order valence-corrected chi connectivity index (χ4v) is 7.37. The molecular weight excluding hydrogens is 462 g/mol. The molecule has 8 nitrogen and oxygen atoms in total. The number of benzene rings is 1. The van der Waals surface area contributed by atoms with Gasteiger partial charge in [0.25, 0.3) is 0 Å². The van der Waals surface area contributed by atoms with E-state index >= 15 is 0 Å². The SMILES string of the molecule is COCCC(NC(=O)N1Cc2c(NC(=O)C3(S(C)(C)C)CCC3)n[nH]c2C1(C)C)c1ccccc1. The van der Waals surface area contributed by atoms with E-state index in [1.165, 1.54) is 0 Å². The van der Waals surface area contributed by atoms with Crippen molar-refractivity contribution < 1.29 is 14.3 Å². The fraction of sp³-hybridized carbons (Fsp3) is 0.577. The molecule has 192 valence electrons. The van der Waals surface area contributed by atoms with Gasteiger partial charge in [-0.05, 0) is 63.9 Å². The number of methoxy groups -OCH3 is 1. The third-order valence-corrected chi connectivity index (χ3v) is 10.7. The van der Waals surface area contributed by atoms with Gasteiger partial charge in [-0.3, -0.25) is 9.89 Å². The smallest absolute Gasteiger partial charge is 0.318 e. The molecule has 0 bridgehead atoms. The predicted octanol–water partition coefficient (Wildman–Crippen LogP) is 4.50. The molecule has 4 rings (SSSR count). The lowest BCUT2D eigenvalue weighted by atomic mass is 9.83. The zero-order valence-corrected chi connectivity index (χ0v) is 22.6. The second-order valence-corrected chi connectivity index (χ2v) is 15.4. The maximum Gasteiger partial charge on any atom is 0.318 e. The van der Waals surface area contributed by atoms with Crippen molar-refractivity contribution in [1.29, 1.82) is 0 Å². The van der Waals surface area contributed by atoms with Crippen LogP contribution in [0.5, 0.6) is 0 Å². The van der Waals surface area contributed by atoms with Gasteiger partial charge in [-0.25, -0.2) is 14.8 Å². The minimum absolute atomic E-state index is 0.0602. The monoisotopic (exact) mass is 501 g/mol. The summed E-state index contributed by atoms with van der Waals surface area (Å²) in [4.78, 5) is 28.7. The number of H-pyrrole nitrogens is 1. The van der Waals surface area contributed by atoms with Gasteiger partial charge in [0, 0.05) is 19.3 Å². The molecule has 1 aromatic heterocycles. The first kappa shape index (κ1) is 25.6. The van der Waals surface area contributed by atoms with Gasteiger partial charge >= 0.3 is 6.03 Å². The largest absolute Gasteiger partial charge is 0.385 e. The number of ether oxygens (including phenoxy) is 1. The number of carbonyl (C=O) groups is 2. The van der Waals surface area contributed by atoms with Crippen LogP contribution in [-0.2, 0) is 21.6 Å². The van der Waals surface area contributed by atoms with E-state index in [0.717, 1.165) is 36.1 Å². The lowest BCUT2D eigenvalue weighted by molar-refractivity contribution is -0.120. The van der Waals surface area contributed by atoms with E-state index in [4.69, 9.17) is 4.74 Å².